The smallest absolute Gasteiger partial charge is 0.324 e. The van der Waals surface area contributed by atoms with E-state index in [1.54, 1.807) is 0 Å². The van der Waals surface area contributed by atoms with Crippen molar-refractivity contribution in [3.8, 4) is 0 Å². The lowest BCUT2D eigenvalue weighted by molar-refractivity contribution is -0.166. The highest BCUT2D eigenvalue weighted by atomic mass is 16.5. The molecule has 14 heavy (non-hydrogen) atoms. The highest BCUT2D eigenvalue weighted by Crippen LogP contribution is 2.20. The van der Waals surface area contributed by atoms with Crippen LogP contribution in [0.5, 0.6) is 0 Å². The van der Waals surface area contributed by atoms with E-state index in [1.165, 1.54) is 6.92 Å². The van der Waals surface area contributed by atoms with E-state index >= 15 is 0 Å². The van der Waals surface area contributed by atoms with E-state index in [0.717, 1.165) is 6.42 Å². The van der Waals surface area contributed by atoms with Gasteiger partial charge in [-0.2, -0.15) is 0 Å². The maximum absolute atomic E-state index is 11.4. The van der Waals surface area contributed by atoms with Crippen molar-refractivity contribution in [1.82, 2.24) is 0 Å². The van der Waals surface area contributed by atoms with E-state index < -0.39 is 17.7 Å². The van der Waals surface area contributed by atoms with Crippen LogP contribution in [-0.4, -0.2) is 23.6 Å². The number of rotatable bonds is 3. The Balaban J connectivity index is 2.68. The third-order valence-corrected chi connectivity index (χ3v) is 2.29. The molecule has 2 unspecified atom stereocenters. The van der Waals surface area contributed by atoms with Crippen LogP contribution in [-0.2, 0) is 19.1 Å². The van der Waals surface area contributed by atoms with Gasteiger partial charge in [0.15, 0.2) is 17.5 Å². The Hall–Kier alpha value is -1.19. The van der Waals surface area contributed by atoms with Crippen molar-refractivity contribution >= 4 is 17.5 Å². The molecule has 0 aromatic heterocycles. The van der Waals surface area contributed by atoms with Crippen LogP contribution in [0.4, 0.5) is 0 Å². The summed E-state index contributed by atoms with van der Waals surface area (Å²) in [4.78, 5) is 33.6. The first kappa shape index (κ1) is 10.9. The summed E-state index contributed by atoms with van der Waals surface area (Å²) in [7, 11) is 0. The zero-order valence-electron chi connectivity index (χ0n) is 8.41. The molecule has 0 radical (unpaired) electrons. The number of hydrogen-bond acceptors (Lipinski definition) is 4. The van der Waals surface area contributed by atoms with Gasteiger partial charge in [-0.1, -0.05) is 13.3 Å². The molecule has 1 fully saturated rings. The standard InChI is InChI=1S/C10H14O4/c1-3-4-7-5-8(12)9(6(2)11)10(13)14-7/h7,9H,3-5H2,1-2H3. The predicted octanol–water partition coefficient (Wildman–Crippen LogP) is 0.876. The lowest BCUT2D eigenvalue weighted by Gasteiger charge is -2.25. The molecule has 4 heteroatoms. The van der Waals surface area contributed by atoms with E-state index in [9.17, 15) is 14.4 Å². The average Bonchev–Trinajstić information content (AvgIpc) is 2.01. The lowest BCUT2D eigenvalue weighted by Crippen LogP contribution is -2.41. The summed E-state index contributed by atoms with van der Waals surface area (Å²) in [6, 6.07) is 0. The first-order valence-corrected chi connectivity index (χ1v) is 4.80. The van der Waals surface area contributed by atoms with Crippen molar-refractivity contribution in [2.75, 3.05) is 0 Å². The number of ether oxygens (including phenoxy) is 1. The van der Waals surface area contributed by atoms with Crippen molar-refractivity contribution in [1.29, 1.82) is 0 Å². The molecule has 0 aromatic carbocycles. The molecular formula is C10H14O4. The molecule has 4 nitrogen and oxygen atoms in total. The summed E-state index contributed by atoms with van der Waals surface area (Å²) in [5.41, 5.74) is 0. The van der Waals surface area contributed by atoms with Gasteiger partial charge in [0.2, 0.25) is 0 Å². The molecule has 1 saturated heterocycles. The van der Waals surface area contributed by atoms with E-state index in [0.29, 0.717) is 6.42 Å². The summed E-state index contributed by atoms with van der Waals surface area (Å²) in [6.45, 7) is 3.19. The van der Waals surface area contributed by atoms with E-state index in [4.69, 9.17) is 4.74 Å². The van der Waals surface area contributed by atoms with Crippen molar-refractivity contribution in [2.45, 2.75) is 39.2 Å². The maximum atomic E-state index is 11.4. The fourth-order valence-corrected chi connectivity index (χ4v) is 1.62. The number of ketones is 2. The minimum atomic E-state index is -1.16. The van der Waals surface area contributed by atoms with Crippen LogP contribution in [0.25, 0.3) is 0 Å². The van der Waals surface area contributed by atoms with Crippen LogP contribution in [0.15, 0.2) is 0 Å². The second kappa shape index (κ2) is 4.35. The van der Waals surface area contributed by atoms with Gasteiger partial charge in [0.25, 0.3) is 0 Å². The highest BCUT2D eigenvalue weighted by molar-refractivity contribution is 6.17. The minimum absolute atomic E-state index is 0.184. The van der Waals surface area contributed by atoms with Crippen LogP contribution < -0.4 is 0 Å². The van der Waals surface area contributed by atoms with Gasteiger partial charge in [-0.25, -0.2) is 0 Å². The van der Waals surface area contributed by atoms with Gasteiger partial charge in [0, 0.05) is 6.42 Å². The van der Waals surface area contributed by atoms with Crippen LogP contribution >= 0.6 is 0 Å². The molecule has 0 amide bonds. The molecule has 0 spiro atoms. The van der Waals surface area contributed by atoms with Gasteiger partial charge in [0.1, 0.15) is 6.10 Å². The first-order chi connectivity index (χ1) is 6.56. The minimum Gasteiger partial charge on any atom is -0.461 e. The summed E-state index contributed by atoms with van der Waals surface area (Å²) >= 11 is 0. The summed E-state index contributed by atoms with van der Waals surface area (Å²) in [5.74, 6) is -2.56. The third-order valence-electron chi connectivity index (χ3n) is 2.29. The van der Waals surface area contributed by atoms with Crippen molar-refractivity contribution < 1.29 is 19.1 Å². The molecule has 0 saturated carbocycles. The fraction of sp³-hybridized carbons (Fsp3) is 0.700. The Morgan fingerprint density at radius 3 is 2.57 bits per heavy atom. The first-order valence-electron chi connectivity index (χ1n) is 4.80. The number of hydrogen-bond donors (Lipinski definition) is 0. The number of cyclic esters (lactones) is 1. The van der Waals surface area contributed by atoms with E-state index in [-0.39, 0.29) is 18.3 Å². The largest absolute Gasteiger partial charge is 0.461 e. The number of carbonyl (C=O) groups excluding carboxylic acids is 3. The second-order valence-corrected chi connectivity index (χ2v) is 3.56. The predicted molar refractivity (Wildman–Crippen MR) is 48.6 cm³/mol. The molecule has 1 rings (SSSR count). The summed E-state index contributed by atoms with van der Waals surface area (Å²) in [6.07, 6.45) is 1.40. The van der Waals surface area contributed by atoms with E-state index in [1.807, 2.05) is 6.92 Å². The summed E-state index contributed by atoms with van der Waals surface area (Å²) < 4.78 is 4.99. The molecule has 78 valence electrons. The van der Waals surface area contributed by atoms with Crippen molar-refractivity contribution in [3.63, 3.8) is 0 Å². The zero-order chi connectivity index (χ0) is 10.7. The Labute approximate surface area is 82.6 Å². The van der Waals surface area contributed by atoms with E-state index in [2.05, 4.69) is 0 Å². The Morgan fingerprint density at radius 1 is 1.50 bits per heavy atom. The highest BCUT2D eigenvalue weighted by Gasteiger charge is 2.39. The molecule has 0 bridgehead atoms. The van der Waals surface area contributed by atoms with Gasteiger partial charge in [-0.15, -0.1) is 0 Å². The van der Waals surface area contributed by atoms with Crippen molar-refractivity contribution in [2.24, 2.45) is 5.92 Å². The SMILES string of the molecule is CCCC1CC(=O)C(C(C)=O)C(=O)O1. The van der Waals surface area contributed by atoms with Gasteiger partial charge in [0.05, 0.1) is 0 Å². The molecule has 0 N–H and O–H groups in total. The molecular weight excluding hydrogens is 184 g/mol. The quantitative estimate of drug-likeness (QED) is 0.499. The maximum Gasteiger partial charge on any atom is 0.324 e. The fourth-order valence-electron chi connectivity index (χ4n) is 1.62. The number of Topliss-reactive ketones (excluding diaryl/α,β-unsaturated/α-hetero) is 2. The molecule has 0 aliphatic carbocycles. The topological polar surface area (TPSA) is 60.4 Å². The van der Waals surface area contributed by atoms with Gasteiger partial charge in [-0.3, -0.25) is 14.4 Å². The van der Waals surface area contributed by atoms with Gasteiger partial charge < -0.3 is 4.74 Å². The Bertz CT molecular complexity index is 251. The molecule has 1 aliphatic rings. The van der Waals surface area contributed by atoms with Crippen molar-refractivity contribution in [3.05, 3.63) is 0 Å². The van der Waals surface area contributed by atoms with Crippen LogP contribution in [0.3, 0.4) is 0 Å². The molecule has 0 aromatic rings. The third kappa shape index (κ3) is 2.19. The molecule has 1 aliphatic heterocycles. The molecule has 1 heterocycles. The number of esters is 1. The Kier molecular flexibility index (Phi) is 3.38. The van der Waals surface area contributed by atoms with Crippen LogP contribution in [0.1, 0.15) is 33.1 Å². The number of carbonyl (C=O) groups is 3. The monoisotopic (exact) mass is 198 g/mol. The zero-order valence-corrected chi connectivity index (χ0v) is 8.41. The van der Waals surface area contributed by atoms with Gasteiger partial charge in [-0.05, 0) is 13.3 Å². The molecule has 2 atom stereocenters. The van der Waals surface area contributed by atoms with Crippen LogP contribution in [0.2, 0.25) is 0 Å². The normalized spacial score (nSPS) is 27.3. The van der Waals surface area contributed by atoms with Crippen LogP contribution in [0, 0.1) is 5.92 Å². The second-order valence-electron chi connectivity index (χ2n) is 3.56. The average molecular weight is 198 g/mol. The lowest BCUT2D eigenvalue weighted by atomic mass is 9.91. The van der Waals surface area contributed by atoms with Gasteiger partial charge >= 0.3 is 5.97 Å². The summed E-state index contributed by atoms with van der Waals surface area (Å²) in [5, 5.41) is 0. The Morgan fingerprint density at radius 2 is 2.14 bits per heavy atom.